The maximum atomic E-state index is 12.9. The van der Waals surface area contributed by atoms with Gasteiger partial charge in [-0.3, -0.25) is 9.36 Å². The first kappa shape index (κ1) is 19.2. The first-order valence-corrected chi connectivity index (χ1v) is 10.1. The monoisotopic (exact) mass is 389 g/mol. The normalized spacial score (nSPS) is 14.8. The van der Waals surface area contributed by atoms with E-state index in [2.05, 4.69) is 39.2 Å². The predicted molar refractivity (Wildman–Crippen MR) is 117 cm³/mol. The Morgan fingerprint density at radius 2 is 1.79 bits per heavy atom. The summed E-state index contributed by atoms with van der Waals surface area (Å²) in [5.74, 6) is -0.168. The van der Waals surface area contributed by atoms with Crippen molar-refractivity contribution in [3.8, 4) is 5.69 Å². The predicted octanol–water partition coefficient (Wildman–Crippen LogP) is 3.57. The van der Waals surface area contributed by atoms with Gasteiger partial charge in [-0.2, -0.15) is 0 Å². The van der Waals surface area contributed by atoms with Gasteiger partial charge in [-0.1, -0.05) is 25.1 Å². The zero-order chi connectivity index (χ0) is 20.2. The van der Waals surface area contributed by atoms with E-state index in [-0.39, 0.29) is 5.91 Å². The van der Waals surface area contributed by atoms with Gasteiger partial charge in [-0.15, -0.1) is 0 Å². The van der Waals surface area contributed by atoms with Crippen molar-refractivity contribution in [2.45, 2.75) is 13.8 Å². The van der Waals surface area contributed by atoms with Crippen LogP contribution >= 0.6 is 0 Å². The molecular formula is C23H27N5O. The van der Waals surface area contributed by atoms with E-state index in [1.54, 1.807) is 17.1 Å². The van der Waals surface area contributed by atoms with Crippen LogP contribution in [0.15, 0.2) is 61.1 Å². The summed E-state index contributed by atoms with van der Waals surface area (Å²) in [6.07, 6.45) is 3.26. The van der Waals surface area contributed by atoms with E-state index < -0.39 is 0 Å². The van der Waals surface area contributed by atoms with Gasteiger partial charge in [0.1, 0.15) is 5.69 Å². The van der Waals surface area contributed by atoms with Gasteiger partial charge < -0.3 is 15.1 Å². The number of benzene rings is 2. The molecule has 1 aromatic heterocycles. The number of aromatic nitrogens is 2. The van der Waals surface area contributed by atoms with Crippen molar-refractivity contribution in [3.63, 3.8) is 0 Å². The van der Waals surface area contributed by atoms with Crippen molar-refractivity contribution in [1.82, 2.24) is 14.5 Å². The van der Waals surface area contributed by atoms with E-state index in [4.69, 9.17) is 0 Å². The number of para-hydroxylation sites is 1. The van der Waals surface area contributed by atoms with E-state index in [1.165, 1.54) is 5.69 Å². The van der Waals surface area contributed by atoms with Crippen LogP contribution in [0.25, 0.3) is 5.69 Å². The summed E-state index contributed by atoms with van der Waals surface area (Å²) < 4.78 is 1.80. The van der Waals surface area contributed by atoms with Gasteiger partial charge in [-0.05, 0) is 49.4 Å². The Hall–Kier alpha value is -3.12. The minimum atomic E-state index is -0.168. The summed E-state index contributed by atoms with van der Waals surface area (Å²) in [5.41, 5.74) is 4.51. The Morgan fingerprint density at radius 3 is 2.48 bits per heavy atom. The second-order valence-electron chi connectivity index (χ2n) is 7.36. The van der Waals surface area contributed by atoms with Crippen LogP contribution in [0, 0.1) is 6.92 Å². The lowest BCUT2D eigenvalue weighted by atomic mass is 10.1. The van der Waals surface area contributed by atoms with Crippen LogP contribution in [-0.4, -0.2) is 53.1 Å². The fraction of sp³-hybridized carbons (Fsp3) is 0.304. The standard InChI is InChI=1S/C23H27N5O/c1-3-26-11-13-27(14-12-26)20-9-10-21(18(2)15-20)25-23(29)22-16-24-17-28(22)19-7-5-4-6-8-19/h4-10,15-17H,3,11-14H2,1-2H3,(H,25,29). The number of imidazole rings is 1. The number of rotatable bonds is 5. The maximum absolute atomic E-state index is 12.9. The van der Waals surface area contributed by atoms with Crippen molar-refractivity contribution < 1.29 is 4.79 Å². The van der Waals surface area contributed by atoms with E-state index in [1.807, 2.05) is 43.3 Å². The lowest BCUT2D eigenvalue weighted by Gasteiger charge is -2.35. The fourth-order valence-corrected chi connectivity index (χ4v) is 3.75. The van der Waals surface area contributed by atoms with E-state index in [0.717, 1.165) is 49.7 Å². The molecule has 0 spiro atoms. The molecule has 150 valence electrons. The van der Waals surface area contributed by atoms with Gasteiger partial charge in [-0.25, -0.2) is 4.98 Å². The Balaban J connectivity index is 1.48. The summed E-state index contributed by atoms with van der Waals surface area (Å²) in [4.78, 5) is 21.9. The second kappa shape index (κ2) is 8.49. The molecule has 0 aliphatic carbocycles. The van der Waals surface area contributed by atoms with Crippen LogP contribution in [0.4, 0.5) is 11.4 Å². The molecule has 1 fully saturated rings. The Kier molecular flexibility index (Phi) is 5.62. The average molecular weight is 390 g/mol. The van der Waals surface area contributed by atoms with E-state index in [9.17, 15) is 4.79 Å². The van der Waals surface area contributed by atoms with Gasteiger partial charge in [0.05, 0.1) is 12.5 Å². The molecular weight excluding hydrogens is 362 g/mol. The molecule has 0 saturated carbocycles. The number of anilines is 2. The summed E-state index contributed by atoms with van der Waals surface area (Å²) in [6.45, 7) is 9.62. The first-order chi connectivity index (χ1) is 14.2. The Bertz CT molecular complexity index is 974. The summed E-state index contributed by atoms with van der Waals surface area (Å²) >= 11 is 0. The first-order valence-electron chi connectivity index (χ1n) is 10.1. The third kappa shape index (κ3) is 4.17. The average Bonchev–Trinajstić information content (AvgIpc) is 3.26. The number of piperazine rings is 1. The topological polar surface area (TPSA) is 53.4 Å². The molecule has 1 amide bonds. The van der Waals surface area contributed by atoms with Gasteiger partial charge in [0.25, 0.3) is 5.91 Å². The van der Waals surface area contributed by atoms with Crippen LogP contribution in [0.3, 0.4) is 0 Å². The molecule has 1 N–H and O–H groups in total. The van der Waals surface area contributed by atoms with Crippen LogP contribution in [-0.2, 0) is 0 Å². The number of hydrogen-bond donors (Lipinski definition) is 1. The zero-order valence-corrected chi connectivity index (χ0v) is 17.0. The third-order valence-electron chi connectivity index (χ3n) is 5.55. The van der Waals surface area contributed by atoms with Crippen molar-refractivity contribution in [1.29, 1.82) is 0 Å². The number of amides is 1. The minimum Gasteiger partial charge on any atom is -0.369 e. The summed E-state index contributed by atoms with van der Waals surface area (Å²) in [7, 11) is 0. The lowest BCUT2D eigenvalue weighted by Crippen LogP contribution is -2.46. The fourth-order valence-electron chi connectivity index (χ4n) is 3.75. The molecule has 4 rings (SSSR count). The Labute approximate surface area is 171 Å². The van der Waals surface area contributed by atoms with Gasteiger partial charge >= 0.3 is 0 Å². The van der Waals surface area contributed by atoms with Gasteiger partial charge in [0.2, 0.25) is 0 Å². The molecule has 6 heteroatoms. The molecule has 1 aliphatic rings. The molecule has 0 bridgehead atoms. The number of hydrogen-bond acceptors (Lipinski definition) is 4. The van der Waals surface area contributed by atoms with Crippen LogP contribution in [0.5, 0.6) is 0 Å². The highest BCUT2D eigenvalue weighted by Gasteiger charge is 2.18. The van der Waals surface area contributed by atoms with Crippen molar-refractivity contribution in [2.24, 2.45) is 0 Å². The number of likely N-dealkylation sites (N-methyl/N-ethyl adjacent to an activating group) is 1. The molecule has 1 saturated heterocycles. The molecule has 0 unspecified atom stereocenters. The minimum absolute atomic E-state index is 0.168. The van der Waals surface area contributed by atoms with E-state index in [0.29, 0.717) is 5.69 Å². The lowest BCUT2D eigenvalue weighted by molar-refractivity contribution is 0.102. The molecule has 2 heterocycles. The van der Waals surface area contributed by atoms with Crippen LogP contribution in [0.2, 0.25) is 0 Å². The van der Waals surface area contributed by atoms with E-state index >= 15 is 0 Å². The number of aryl methyl sites for hydroxylation is 1. The summed E-state index contributed by atoms with van der Waals surface area (Å²) in [5, 5.41) is 3.04. The second-order valence-corrected chi connectivity index (χ2v) is 7.36. The number of carbonyl (C=O) groups is 1. The molecule has 29 heavy (non-hydrogen) atoms. The number of carbonyl (C=O) groups excluding carboxylic acids is 1. The molecule has 2 aromatic carbocycles. The molecule has 6 nitrogen and oxygen atoms in total. The number of nitrogens with one attached hydrogen (secondary N) is 1. The summed E-state index contributed by atoms with van der Waals surface area (Å²) in [6, 6.07) is 16.0. The quantitative estimate of drug-likeness (QED) is 0.725. The van der Waals surface area contributed by atoms with Gasteiger partial charge in [0, 0.05) is 43.2 Å². The highest BCUT2D eigenvalue weighted by molar-refractivity contribution is 6.03. The third-order valence-corrected chi connectivity index (χ3v) is 5.55. The largest absolute Gasteiger partial charge is 0.369 e. The molecule has 0 atom stereocenters. The SMILES string of the molecule is CCN1CCN(c2ccc(NC(=O)c3cncn3-c3ccccc3)c(C)c2)CC1. The molecule has 1 aliphatic heterocycles. The highest BCUT2D eigenvalue weighted by atomic mass is 16.2. The molecule has 3 aromatic rings. The van der Waals surface area contributed by atoms with Gasteiger partial charge in [0.15, 0.2) is 0 Å². The van der Waals surface area contributed by atoms with Crippen molar-refractivity contribution >= 4 is 17.3 Å². The maximum Gasteiger partial charge on any atom is 0.274 e. The van der Waals surface area contributed by atoms with Crippen LogP contribution < -0.4 is 10.2 Å². The molecule has 0 radical (unpaired) electrons. The van der Waals surface area contributed by atoms with Crippen molar-refractivity contribution in [3.05, 3.63) is 72.3 Å². The number of nitrogens with zero attached hydrogens (tertiary/aromatic N) is 4. The highest BCUT2D eigenvalue weighted by Crippen LogP contribution is 2.24. The zero-order valence-electron chi connectivity index (χ0n) is 17.0. The Morgan fingerprint density at radius 1 is 1.03 bits per heavy atom. The smallest absolute Gasteiger partial charge is 0.274 e. The van der Waals surface area contributed by atoms with Crippen molar-refractivity contribution in [2.75, 3.05) is 42.9 Å². The van der Waals surface area contributed by atoms with Crippen LogP contribution in [0.1, 0.15) is 23.0 Å².